The van der Waals surface area contributed by atoms with Gasteiger partial charge < -0.3 is 9.47 Å². The predicted octanol–water partition coefficient (Wildman–Crippen LogP) is 4.77. The van der Waals surface area contributed by atoms with E-state index in [1.54, 1.807) is 30.1 Å². The van der Waals surface area contributed by atoms with Gasteiger partial charge >= 0.3 is 5.97 Å². The number of fused-ring (bicyclic) bond motifs is 1. The van der Waals surface area contributed by atoms with E-state index in [0.29, 0.717) is 16.8 Å². The number of esters is 1. The molecule has 0 radical (unpaired) electrons. The zero-order chi connectivity index (χ0) is 25.6. The van der Waals surface area contributed by atoms with Gasteiger partial charge in [0.05, 0.1) is 29.6 Å². The van der Waals surface area contributed by atoms with E-state index in [2.05, 4.69) is 15.2 Å². The van der Waals surface area contributed by atoms with E-state index in [9.17, 15) is 9.59 Å². The molecule has 8 nitrogen and oxygen atoms in total. The lowest BCUT2D eigenvalue weighted by Crippen LogP contribution is -2.26. The monoisotopic (exact) mass is 514 g/mol. The summed E-state index contributed by atoms with van der Waals surface area (Å²) in [6.07, 6.45) is 6.85. The second-order valence-corrected chi connectivity index (χ2v) is 9.37. The smallest absolute Gasteiger partial charge is 0.343 e. The number of ether oxygens (including phenoxy) is 2. The fourth-order valence-electron chi connectivity index (χ4n) is 4.23. The van der Waals surface area contributed by atoms with E-state index in [1.807, 2.05) is 53.9 Å². The number of thiophene rings is 1. The normalized spacial score (nSPS) is 11.1. The third kappa shape index (κ3) is 5.31. The standard InChI is InChI=1S/C28H26N4O4S/c1-2-35-28(34)24-25(36-18-20-6-4-3-5-7-20)27(33)32(23-12-15-37-26(23)24)17-21-16-30-31-22(21)9-8-19-10-13-29-14-11-19/h3-7,10-16H,2,8-9,17-18H2,1H3,(H,30,31). The predicted molar refractivity (Wildman–Crippen MR) is 142 cm³/mol. The second kappa shape index (κ2) is 11.2. The van der Waals surface area contributed by atoms with E-state index >= 15 is 0 Å². The van der Waals surface area contributed by atoms with Gasteiger partial charge in [-0.1, -0.05) is 30.3 Å². The zero-order valence-electron chi connectivity index (χ0n) is 20.3. The summed E-state index contributed by atoms with van der Waals surface area (Å²) in [6, 6.07) is 15.4. The van der Waals surface area contributed by atoms with Crippen molar-refractivity contribution < 1.29 is 14.3 Å². The van der Waals surface area contributed by atoms with Crippen molar-refractivity contribution in [1.29, 1.82) is 0 Å². The highest BCUT2D eigenvalue weighted by atomic mass is 32.1. The van der Waals surface area contributed by atoms with Crippen LogP contribution in [0, 0.1) is 0 Å². The van der Waals surface area contributed by atoms with Crippen molar-refractivity contribution in [2.45, 2.75) is 32.9 Å². The van der Waals surface area contributed by atoms with Crippen molar-refractivity contribution in [2.24, 2.45) is 0 Å². The summed E-state index contributed by atoms with van der Waals surface area (Å²) >= 11 is 1.38. The van der Waals surface area contributed by atoms with Gasteiger partial charge in [-0.05, 0) is 54.5 Å². The van der Waals surface area contributed by atoms with E-state index in [1.165, 1.54) is 16.9 Å². The molecule has 0 amide bonds. The summed E-state index contributed by atoms with van der Waals surface area (Å²) < 4.78 is 13.7. The van der Waals surface area contributed by atoms with Crippen molar-refractivity contribution in [3.63, 3.8) is 0 Å². The molecule has 9 heteroatoms. The Bertz CT molecular complexity index is 1560. The van der Waals surface area contributed by atoms with Gasteiger partial charge in [0.25, 0.3) is 5.56 Å². The summed E-state index contributed by atoms with van der Waals surface area (Å²) in [7, 11) is 0. The molecule has 1 N–H and O–H groups in total. The maximum Gasteiger partial charge on any atom is 0.343 e. The van der Waals surface area contributed by atoms with Crippen molar-refractivity contribution in [1.82, 2.24) is 19.7 Å². The fourth-order valence-corrected chi connectivity index (χ4v) is 5.16. The highest BCUT2D eigenvalue weighted by Gasteiger charge is 2.26. The third-order valence-corrected chi connectivity index (χ3v) is 7.00. The number of carbonyl (C=O) groups excluding carboxylic acids is 1. The second-order valence-electron chi connectivity index (χ2n) is 8.45. The van der Waals surface area contributed by atoms with Crippen LogP contribution in [0.5, 0.6) is 5.75 Å². The molecule has 188 valence electrons. The molecule has 0 aliphatic rings. The summed E-state index contributed by atoms with van der Waals surface area (Å²) in [4.78, 5) is 30.9. The first-order chi connectivity index (χ1) is 18.2. The molecule has 0 unspecified atom stereocenters. The number of carbonyl (C=O) groups is 1. The third-order valence-electron chi connectivity index (χ3n) is 6.08. The van der Waals surface area contributed by atoms with Crippen LogP contribution in [0.15, 0.2) is 77.3 Å². The minimum absolute atomic E-state index is 0.000849. The van der Waals surface area contributed by atoms with E-state index in [0.717, 1.165) is 29.7 Å². The number of rotatable bonds is 10. The zero-order valence-corrected chi connectivity index (χ0v) is 21.2. The van der Waals surface area contributed by atoms with Crippen molar-refractivity contribution >= 4 is 27.5 Å². The van der Waals surface area contributed by atoms with Gasteiger partial charge in [0, 0.05) is 23.7 Å². The highest BCUT2D eigenvalue weighted by Crippen LogP contribution is 2.31. The first-order valence-electron chi connectivity index (χ1n) is 12.0. The number of aromatic nitrogens is 4. The Morgan fingerprint density at radius 1 is 1.05 bits per heavy atom. The molecule has 4 aromatic heterocycles. The molecule has 0 bridgehead atoms. The number of nitrogens with zero attached hydrogens (tertiary/aromatic N) is 3. The lowest BCUT2D eigenvalue weighted by atomic mass is 10.1. The molecule has 0 atom stereocenters. The summed E-state index contributed by atoms with van der Waals surface area (Å²) in [5.74, 6) is -0.567. The average molecular weight is 515 g/mol. The largest absolute Gasteiger partial charge is 0.482 e. The van der Waals surface area contributed by atoms with Crippen LogP contribution in [0.25, 0.3) is 10.2 Å². The van der Waals surface area contributed by atoms with E-state index in [4.69, 9.17) is 9.47 Å². The molecule has 0 fully saturated rings. The molecule has 0 spiro atoms. The summed E-state index contributed by atoms with van der Waals surface area (Å²) in [5.41, 5.74) is 4.37. The van der Waals surface area contributed by atoms with Crippen LogP contribution in [0.3, 0.4) is 0 Å². The van der Waals surface area contributed by atoms with Gasteiger partial charge in [-0.15, -0.1) is 11.3 Å². The van der Waals surface area contributed by atoms with Crippen LogP contribution in [0.1, 0.15) is 39.7 Å². The number of aromatic amines is 1. The highest BCUT2D eigenvalue weighted by molar-refractivity contribution is 7.17. The summed E-state index contributed by atoms with van der Waals surface area (Å²) in [6.45, 7) is 2.38. The molecule has 37 heavy (non-hydrogen) atoms. The molecule has 1 aromatic carbocycles. The Kier molecular flexibility index (Phi) is 7.41. The molecule has 4 heterocycles. The van der Waals surface area contributed by atoms with Crippen LogP contribution in [-0.2, 0) is 30.7 Å². The number of hydrogen-bond acceptors (Lipinski definition) is 7. The Labute approximate surface area is 217 Å². The maximum absolute atomic E-state index is 13.8. The molecular weight excluding hydrogens is 488 g/mol. The number of hydrogen-bond donors (Lipinski definition) is 1. The Morgan fingerprint density at radius 3 is 2.65 bits per heavy atom. The number of H-pyrrole nitrogens is 1. The lowest BCUT2D eigenvalue weighted by Gasteiger charge is -2.16. The topological polar surface area (TPSA) is 99.1 Å². The van der Waals surface area contributed by atoms with Gasteiger partial charge in [-0.2, -0.15) is 5.10 Å². The molecule has 0 aliphatic carbocycles. The molecule has 0 saturated carbocycles. The van der Waals surface area contributed by atoms with Gasteiger partial charge in [0.15, 0.2) is 0 Å². The first kappa shape index (κ1) is 24.5. The number of benzene rings is 1. The number of nitrogens with one attached hydrogen (secondary N) is 1. The van der Waals surface area contributed by atoms with Crippen LogP contribution >= 0.6 is 11.3 Å². The van der Waals surface area contributed by atoms with Crippen LogP contribution in [0.4, 0.5) is 0 Å². The van der Waals surface area contributed by atoms with Crippen molar-refractivity contribution in [2.75, 3.05) is 6.61 Å². The quantitative estimate of drug-likeness (QED) is 0.270. The Hall–Kier alpha value is -4.24. The minimum Gasteiger partial charge on any atom is -0.482 e. The molecule has 5 aromatic rings. The number of pyridine rings is 2. The van der Waals surface area contributed by atoms with Crippen LogP contribution < -0.4 is 10.3 Å². The van der Waals surface area contributed by atoms with E-state index < -0.39 is 5.97 Å². The van der Waals surface area contributed by atoms with E-state index in [-0.39, 0.29) is 30.1 Å². The average Bonchev–Trinajstić information content (AvgIpc) is 3.59. The van der Waals surface area contributed by atoms with Crippen LogP contribution in [0.2, 0.25) is 0 Å². The number of aryl methyl sites for hydroxylation is 2. The van der Waals surface area contributed by atoms with Gasteiger partial charge in [0.2, 0.25) is 5.75 Å². The fraction of sp³-hybridized carbons (Fsp3) is 0.214. The lowest BCUT2D eigenvalue weighted by molar-refractivity contribution is 0.0523. The van der Waals surface area contributed by atoms with Crippen molar-refractivity contribution in [3.8, 4) is 5.75 Å². The minimum atomic E-state index is -0.566. The maximum atomic E-state index is 13.8. The van der Waals surface area contributed by atoms with Gasteiger partial charge in [-0.3, -0.25) is 19.4 Å². The Morgan fingerprint density at radius 2 is 1.86 bits per heavy atom. The van der Waals surface area contributed by atoms with Gasteiger partial charge in [-0.25, -0.2) is 4.79 Å². The Balaban J connectivity index is 1.52. The van der Waals surface area contributed by atoms with Gasteiger partial charge in [0.1, 0.15) is 12.2 Å². The first-order valence-corrected chi connectivity index (χ1v) is 12.9. The molecular formula is C28H26N4O4S. The van der Waals surface area contributed by atoms with Crippen LogP contribution in [-0.4, -0.2) is 32.3 Å². The molecule has 0 aliphatic heterocycles. The van der Waals surface area contributed by atoms with Crippen molar-refractivity contribution in [3.05, 3.63) is 111 Å². The molecule has 0 saturated heterocycles. The SMILES string of the molecule is CCOC(=O)c1c(OCc2ccccc2)c(=O)n(Cc2cn[nH]c2CCc2ccncc2)c2ccsc12. The summed E-state index contributed by atoms with van der Waals surface area (Å²) in [5, 5.41) is 9.19. The molecule has 5 rings (SSSR count).